The van der Waals surface area contributed by atoms with Gasteiger partial charge in [-0.15, -0.1) is 0 Å². The summed E-state index contributed by atoms with van der Waals surface area (Å²) >= 11 is 0. The number of hydrogen-bond donors (Lipinski definition) is 3. The fourth-order valence-corrected chi connectivity index (χ4v) is 2.53. The third-order valence-electron chi connectivity index (χ3n) is 3.76. The second kappa shape index (κ2) is 11.5. The van der Waals surface area contributed by atoms with Crippen molar-refractivity contribution in [3.8, 4) is 11.5 Å². The lowest BCUT2D eigenvalue weighted by molar-refractivity contribution is -0.119. The van der Waals surface area contributed by atoms with E-state index in [0.717, 1.165) is 23.4 Å². The summed E-state index contributed by atoms with van der Waals surface area (Å²) in [5, 5.41) is 6.56. The Hall–Kier alpha value is -3.22. The molecule has 0 aromatic heterocycles. The Kier molecular flexibility index (Phi) is 8.65. The first kappa shape index (κ1) is 21.1. The van der Waals surface area contributed by atoms with Crippen molar-refractivity contribution in [3.05, 3.63) is 59.7 Å². The lowest BCUT2D eigenvalue weighted by Crippen LogP contribution is -2.36. The number of carbonyl (C=O) groups is 1. The maximum Gasteiger partial charge on any atom is 0.255 e. The van der Waals surface area contributed by atoms with Gasteiger partial charge in [0.25, 0.3) is 5.91 Å². The van der Waals surface area contributed by atoms with Crippen LogP contribution in [-0.2, 0) is 17.9 Å². The lowest BCUT2D eigenvalue weighted by Gasteiger charge is -2.14. The maximum atomic E-state index is 10.8. The number of nitrogens with two attached hydrogens (primary N) is 1. The quantitative estimate of drug-likeness (QED) is 0.431. The molecule has 7 nitrogen and oxygen atoms in total. The number of aliphatic imine (C=N–C) groups is 1. The van der Waals surface area contributed by atoms with Gasteiger partial charge in [-0.05, 0) is 37.6 Å². The predicted octanol–water partition coefficient (Wildman–Crippen LogP) is 2.20. The van der Waals surface area contributed by atoms with Crippen molar-refractivity contribution in [3.63, 3.8) is 0 Å². The van der Waals surface area contributed by atoms with Crippen LogP contribution in [-0.4, -0.2) is 31.6 Å². The van der Waals surface area contributed by atoms with Gasteiger partial charge in [-0.3, -0.25) is 4.79 Å². The molecule has 2 aromatic rings. The smallest absolute Gasteiger partial charge is 0.255 e. The van der Waals surface area contributed by atoms with E-state index in [1.54, 1.807) is 6.07 Å². The van der Waals surface area contributed by atoms with E-state index in [0.29, 0.717) is 31.4 Å². The Labute approximate surface area is 165 Å². The van der Waals surface area contributed by atoms with Crippen molar-refractivity contribution in [2.45, 2.75) is 26.9 Å². The Morgan fingerprint density at radius 2 is 1.89 bits per heavy atom. The predicted molar refractivity (Wildman–Crippen MR) is 110 cm³/mol. The van der Waals surface area contributed by atoms with Crippen LogP contribution in [0, 0.1) is 0 Å². The summed E-state index contributed by atoms with van der Waals surface area (Å²) in [6.45, 7) is 6.29. The average Bonchev–Trinajstić information content (AvgIpc) is 2.70. The molecule has 0 saturated carbocycles. The Bertz CT molecular complexity index is 793. The summed E-state index contributed by atoms with van der Waals surface area (Å²) in [7, 11) is 0. The number of hydrogen-bond acceptors (Lipinski definition) is 4. The minimum Gasteiger partial charge on any atom is -0.494 e. The maximum absolute atomic E-state index is 10.8. The fraction of sp³-hybridized carbons (Fsp3) is 0.333. The summed E-state index contributed by atoms with van der Waals surface area (Å²) < 4.78 is 11.0. The first-order valence-electron chi connectivity index (χ1n) is 9.35. The van der Waals surface area contributed by atoms with Crippen LogP contribution in [0.15, 0.2) is 53.5 Å². The van der Waals surface area contributed by atoms with Crippen molar-refractivity contribution in [2.24, 2.45) is 10.7 Å². The third-order valence-corrected chi connectivity index (χ3v) is 3.76. The van der Waals surface area contributed by atoms with E-state index in [1.807, 2.05) is 56.3 Å². The van der Waals surface area contributed by atoms with E-state index in [4.69, 9.17) is 15.2 Å². The number of primary amides is 1. The van der Waals surface area contributed by atoms with Gasteiger partial charge < -0.3 is 25.8 Å². The molecule has 0 atom stereocenters. The Morgan fingerprint density at radius 1 is 1.07 bits per heavy atom. The van der Waals surface area contributed by atoms with Crippen LogP contribution in [0.3, 0.4) is 0 Å². The summed E-state index contributed by atoms with van der Waals surface area (Å²) in [4.78, 5) is 15.5. The highest BCUT2D eigenvalue weighted by atomic mass is 16.5. The molecule has 4 N–H and O–H groups in total. The van der Waals surface area contributed by atoms with Gasteiger partial charge >= 0.3 is 0 Å². The van der Waals surface area contributed by atoms with Gasteiger partial charge in [0.05, 0.1) is 13.2 Å². The first-order valence-corrected chi connectivity index (χ1v) is 9.35. The van der Waals surface area contributed by atoms with Crippen LogP contribution in [0.1, 0.15) is 25.0 Å². The molecule has 1 amide bonds. The number of amides is 1. The highest BCUT2D eigenvalue weighted by Gasteiger charge is 2.05. The number of nitrogens with one attached hydrogen (secondary N) is 2. The van der Waals surface area contributed by atoms with Gasteiger partial charge in [-0.1, -0.05) is 30.3 Å². The van der Waals surface area contributed by atoms with Crippen LogP contribution in [0.25, 0.3) is 0 Å². The van der Waals surface area contributed by atoms with Crippen LogP contribution < -0.4 is 25.8 Å². The molecule has 0 saturated heterocycles. The zero-order valence-electron chi connectivity index (χ0n) is 16.4. The van der Waals surface area contributed by atoms with Gasteiger partial charge in [0.2, 0.25) is 0 Å². The molecule has 0 heterocycles. The largest absolute Gasteiger partial charge is 0.494 e. The van der Waals surface area contributed by atoms with Gasteiger partial charge in [0.15, 0.2) is 12.6 Å². The zero-order chi connectivity index (χ0) is 20.2. The number of para-hydroxylation sites is 1. The van der Waals surface area contributed by atoms with Crippen LogP contribution in [0.2, 0.25) is 0 Å². The second-order valence-corrected chi connectivity index (χ2v) is 5.99. The minimum absolute atomic E-state index is 0.143. The summed E-state index contributed by atoms with van der Waals surface area (Å²) in [6.07, 6.45) is 0. The van der Waals surface area contributed by atoms with E-state index in [2.05, 4.69) is 15.6 Å². The molecule has 0 fully saturated rings. The minimum atomic E-state index is -0.505. The monoisotopic (exact) mass is 384 g/mol. The van der Waals surface area contributed by atoms with E-state index in [-0.39, 0.29) is 6.61 Å². The van der Waals surface area contributed by atoms with Crippen molar-refractivity contribution in [2.75, 3.05) is 19.8 Å². The summed E-state index contributed by atoms with van der Waals surface area (Å²) in [5.41, 5.74) is 7.14. The molecule has 0 aliphatic heterocycles. The first-order chi connectivity index (χ1) is 13.6. The van der Waals surface area contributed by atoms with Crippen molar-refractivity contribution >= 4 is 11.9 Å². The lowest BCUT2D eigenvalue weighted by atomic mass is 10.2. The molecular weight excluding hydrogens is 356 g/mol. The summed E-state index contributed by atoms with van der Waals surface area (Å²) in [6, 6.07) is 15.4. The van der Waals surface area contributed by atoms with Crippen molar-refractivity contribution in [1.82, 2.24) is 10.6 Å². The van der Waals surface area contributed by atoms with Gasteiger partial charge in [0.1, 0.15) is 11.5 Å². The Balaban J connectivity index is 2.00. The number of carbonyl (C=O) groups excluding carboxylic acids is 1. The number of ether oxygens (including phenoxy) is 2. The molecule has 2 rings (SSSR count). The van der Waals surface area contributed by atoms with Gasteiger partial charge in [-0.2, -0.15) is 0 Å². The van der Waals surface area contributed by atoms with Crippen LogP contribution >= 0.6 is 0 Å². The average molecular weight is 384 g/mol. The van der Waals surface area contributed by atoms with E-state index >= 15 is 0 Å². The van der Waals surface area contributed by atoms with Gasteiger partial charge in [0, 0.05) is 18.7 Å². The molecule has 0 radical (unpaired) electrons. The normalized spacial score (nSPS) is 11.0. The van der Waals surface area contributed by atoms with Crippen LogP contribution in [0.5, 0.6) is 11.5 Å². The van der Waals surface area contributed by atoms with E-state index < -0.39 is 5.91 Å². The third kappa shape index (κ3) is 7.19. The standard InChI is InChI=1S/C21H28N4O3/c1-3-23-21(25-14-17-9-5-6-11-19(17)27-4-2)24-13-16-8-7-10-18(12-16)28-15-20(22)26/h5-12H,3-4,13-15H2,1-2H3,(H2,22,26)(H2,23,24,25). The van der Waals surface area contributed by atoms with Crippen LogP contribution in [0.4, 0.5) is 0 Å². The molecule has 0 aliphatic rings. The molecule has 28 heavy (non-hydrogen) atoms. The zero-order valence-corrected chi connectivity index (χ0v) is 16.4. The molecule has 150 valence electrons. The molecular formula is C21H28N4O3. The molecule has 2 aromatic carbocycles. The number of nitrogens with zero attached hydrogens (tertiary/aromatic N) is 1. The van der Waals surface area contributed by atoms with E-state index in [1.165, 1.54) is 0 Å². The van der Waals surface area contributed by atoms with Crippen molar-refractivity contribution < 1.29 is 14.3 Å². The highest BCUT2D eigenvalue weighted by Crippen LogP contribution is 2.17. The molecule has 7 heteroatoms. The SMILES string of the molecule is CCNC(=NCc1cccc(OCC(N)=O)c1)NCc1ccccc1OCC. The number of rotatable bonds is 10. The second-order valence-electron chi connectivity index (χ2n) is 5.99. The van der Waals surface area contributed by atoms with Gasteiger partial charge in [-0.25, -0.2) is 4.99 Å². The number of guanidine groups is 1. The summed E-state index contributed by atoms with van der Waals surface area (Å²) in [5.74, 6) is 1.66. The Morgan fingerprint density at radius 3 is 2.64 bits per heavy atom. The fourth-order valence-electron chi connectivity index (χ4n) is 2.53. The molecule has 0 bridgehead atoms. The molecule has 0 unspecified atom stereocenters. The van der Waals surface area contributed by atoms with E-state index in [9.17, 15) is 4.79 Å². The van der Waals surface area contributed by atoms with Crippen molar-refractivity contribution in [1.29, 1.82) is 0 Å². The molecule has 0 aliphatic carbocycles. The number of benzene rings is 2. The topological polar surface area (TPSA) is 98.0 Å². The molecule has 0 spiro atoms. The highest BCUT2D eigenvalue weighted by molar-refractivity contribution is 5.79.